The van der Waals surface area contributed by atoms with Crippen molar-refractivity contribution in [3.63, 3.8) is 0 Å². The molecule has 0 amide bonds. The molecule has 0 aliphatic rings. The van der Waals surface area contributed by atoms with Gasteiger partial charge < -0.3 is 4.74 Å². The lowest BCUT2D eigenvalue weighted by Crippen LogP contribution is -1.91. The summed E-state index contributed by atoms with van der Waals surface area (Å²) in [6.07, 6.45) is 9.73. The first-order valence-electron chi connectivity index (χ1n) is 6.83. The Morgan fingerprint density at radius 2 is 2.00 bits per heavy atom. The molecule has 18 heavy (non-hydrogen) atoms. The highest BCUT2D eigenvalue weighted by molar-refractivity contribution is 5.54. The van der Waals surface area contributed by atoms with Crippen LogP contribution in [0.5, 0.6) is 0 Å². The summed E-state index contributed by atoms with van der Waals surface area (Å²) in [4.78, 5) is 0. The molecule has 0 aromatic heterocycles. The summed E-state index contributed by atoms with van der Waals surface area (Å²) in [5.74, 6) is 1.09. The first-order chi connectivity index (χ1) is 8.77. The van der Waals surface area contributed by atoms with Crippen LogP contribution in [0.3, 0.4) is 0 Å². The van der Waals surface area contributed by atoms with Gasteiger partial charge in [0.2, 0.25) is 0 Å². The van der Waals surface area contributed by atoms with E-state index in [2.05, 4.69) is 56.3 Å². The summed E-state index contributed by atoms with van der Waals surface area (Å²) in [6.45, 7) is 7.11. The highest BCUT2D eigenvalue weighted by Gasteiger charge is 1.95. The van der Waals surface area contributed by atoms with Gasteiger partial charge in [-0.25, -0.2) is 0 Å². The van der Waals surface area contributed by atoms with Gasteiger partial charge in [0.25, 0.3) is 0 Å². The number of hydrogen-bond donors (Lipinski definition) is 0. The summed E-state index contributed by atoms with van der Waals surface area (Å²) >= 11 is 0. The highest BCUT2D eigenvalue weighted by Crippen LogP contribution is 2.12. The van der Waals surface area contributed by atoms with E-state index in [0.29, 0.717) is 0 Å². The van der Waals surface area contributed by atoms with Crippen molar-refractivity contribution < 1.29 is 4.74 Å². The monoisotopic (exact) mass is 244 g/mol. The van der Waals surface area contributed by atoms with Gasteiger partial charge >= 0.3 is 0 Å². The van der Waals surface area contributed by atoms with E-state index >= 15 is 0 Å². The van der Waals surface area contributed by atoms with E-state index in [-0.39, 0.29) is 0 Å². The minimum absolute atomic E-state index is 0.744. The number of aryl methyl sites for hydroxylation is 1. The molecule has 0 N–H and O–H groups in total. The largest absolute Gasteiger partial charge is 0.498 e. The number of ether oxygens (including phenoxy) is 1. The zero-order chi connectivity index (χ0) is 13.2. The molecule has 1 aromatic rings. The third kappa shape index (κ3) is 5.22. The van der Waals surface area contributed by atoms with Crippen LogP contribution in [0.15, 0.2) is 42.2 Å². The Labute approximate surface area is 111 Å². The second-order valence-corrected chi connectivity index (χ2v) is 4.39. The van der Waals surface area contributed by atoms with Crippen LogP contribution in [-0.2, 0) is 4.74 Å². The second-order valence-electron chi connectivity index (χ2n) is 4.39. The molecule has 0 saturated heterocycles. The van der Waals surface area contributed by atoms with Crippen LogP contribution < -0.4 is 0 Å². The fourth-order valence-electron chi connectivity index (χ4n) is 1.77. The second kappa shape index (κ2) is 8.57. The molecular formula is C17H24O. The Morgan fingerprint density at radius 1 is 1.22 bits per heavy atom. The smallest absolute Gasteiger partial charge is 0.0959 e. The predicted molar refractivity (Wildman–Crippen MR) is 79.4 cm³/mol. The van der Waals surface area contributed by atoms with Crippen LogP contribution in [0, 0.1) is 6.92 Å². The van der Waals surface area contributed by atoms with Gasteiger partial charge in [0.15, 0.2) is 0 Å². The van der Waals surface area contributed by atoms with E-state index in [1.54, 1.807) is 0 Å². The standard InChI is InChI=1S/C17H24O/c1-4-6-13-17(18-5-2)14-9-12-16-11-8-7-10-15(16)3/h7-12,14H,4-6,13H2,1-3H3. The molecule has 0 heterocycles. The molecule has 0 aliphatic heterocycles. The Morgan fingerprint density at radius 3 is 2.67 bits per heavy atom. The predicted octanol–water partition coefficient (Wildman–Crippen LogP) is 5.12. The number of benzene rings is 1. The summed E-state index contributed by atoms with van der Waals surface area (Å²) in [5.41, 5.74) is 2.56. The maximum atomic E-state index is 5.62. The SMILES string of the molecule is CCCCC(=CC=Cc1ccccc1C)OCC. The van der Waals surface area contributed by atoms with Gasteiger partial charge in [-0.2, -0.15) is 0 Å². The highest BCUT2D eigenvalue weighted by atomic mass is 16.5. The molecule has 1 aromatic carbocycles. The number of hydrogen-bond acceptors (Lipinski definition) is 1. The van der Waals surface area contributed by atoms with Crippen molar-refractivity contribution in [2.45, 2.75) is 40.0 Å². The molecule has 98 valence electrons. The van der Waals surface area contributed by atoms with Crippen molar-refractivity contribution in [3.8, 4) is 0 Å². The van der Waals surface area contributed by atoms with Crippen molar-refractivity contribution >= 4 is 6.08 Å². The zero-order valence-electron chi connectivity index (χ0n) is 11.8. The van der Waals surface area contributed by atoms with Gasteiger partial charge in [-0.1, -0.05) is 49.8 Å². The van der Waals surface area contributed by atoms with E-state index in [4.69, 9.17) is 4.74 Å². The maximum Gasteiger partial charge on any atom is 0.0959 e. The van der Waals surface area contributed by atoms with E-state index < -0.39 is 0 Å². The summed E-state index contributed by atoms with van der Waals surface area (Å²) < 4.78 is 5.62. The van der Waals surface area contributed by atoms with Crippen molar-refractivity contribution in [2.24, 2.45) is 0 Å². The number of rotatable bonds is 7. The molecule has 0 saturated carbocycles. The lowest BCUT2D eigenvalue weighted by atomic mass is 10.1. The average molecular weight is 244 g/mol. The molecular weight excluding hydrogens is 220 g/mol. The van der Waals surface area contributed by atoms with Crippen LogP contribution in [-0.4, -0.2) is 6.61 Å². The lowest BCUT2D eigenvalue weighted by molar-refractivity contribution is 0.217. The molecule has 0 unspecified atom stereocenters. The number of unbranched alkanes of at least 4 members (excludes halogenated alkanes) is 1. The molecule has 0 aliphatic carbocycles. The minimum atomic E-state index is 0.744. The fourth-order valence-corrected chi connectivity index (χ4v) is 1.77. The molecule has 1 rings (SSSR count). The molecule has 0 spiro atoms. The van der Waals surface area contributed by atoms with Crippen LogP contribution >= 0.6 is 0 Å². The first kappa shape index (κ1) is 14.6. The summed E-state index contributed by atoms with van der Waals surface area (Å²) in [7, 11) is 0. The Balaban J connectivity index is 2.66. The third-order valence-electron chi connectivity index (χ3n) is 2.85. The molecule has 0 atom stereocenters. The van der Waals surface area contributed by atoms with E-state index in [9.17, 15) is 0 Å². The Kier molecular flexibility index (Phi) is 6.93. The average Bonchev–Trinajstić information content (AvgIpc) is 2.38. The van der Waals surface area contributed by atoms with Crippen molar-refractivity contribution in [2.75, 3.05) is 6.61 Å². The normalized spacial score (nSPS) is 12.1. The zero-order valence-corrected chi connectivity index (χ0v) is 11.8. The quantitative estimate of drug-likeness (QED) is 0.478. The van der Waals surface area contributed by atoms with Gasteiger partial charge in [0, 0.05) is 6.42 Å². The maximum absolute atomic E-state index is 5.62. The third-order valence-corrected chi connectivity index (χ3v) is 2.85. The molecule has 1 heteroatoms. The number of allylic oxidation sites excluding steroid dienone is 3. The van der Waals surface area contributed by atoms with E-state index in [0.717, 1.165) is 18.8 Å². The lowest BCUT2D eigenvalue weighted by Gasteiger charge is -2.06. The van der Waals surface area contributed by atoms with Crippen LogP contribution in [0.2, 0.25) is 0 Å². The molecule has 1 nitrogen and oxygen atoms in total. The van der Waals surface area contributed by atoms with Crippen molar-refractivity contribution in [1.82, 2.24) is 0 Å². The Bertz CT molecular complexity index is 402. The van der Waals surface area contributed by atoms with Crippen LogP contribution in [0.4, 0.5) is 0 Å². The van der Waals surface area contributed by atoms with E-state index in [1.807, 2.05) is 6.92 Å². The molecule has 0 radical (unpaired) electrons. The molecule has 0 fully saturated rings. The topological polar surface area (TPSA) is 9.23 Å². The minimum Gasteiger partial charge on any atom is -0.498 e. The fraction of sp³-hybridized carbons (Fsp3) is 0.412. The first-order valence-corrected chi connectivity index (χ1v) is 6.83. The van der Waals surface area contributed by atoms with Crippen molar-refractivity contribution in [3.05, 3.63) is 53.3 Å². The van der Waals surface area contributed by atoms with Gasteiger partial charge in [0.1, 0.15) is 0 Å². The molecule has 0 bridgehead atoms. The van der Waals surface area contributed by atoms with E-state index in [1.165, 1.54) is 24.0 Å². The van der Waals surface area contributed by atoms with Gasteiger partial charge in [0.05, 0.1) is 12.4 Å². The summed E-state index contributed by atoms with van der Waals surface area (Å²) in [6, 6.07) is 8.39. The van der Waals surface area contributed by atoms with Gasteiger partial charge in [-0.15, -0.1) is 0 Å². The Hall–Kier alpha value is -1.50. The van der Waals surface area contributed by atoms with Crippen LogP contribution in [0.25, 0.3) is 6.08 Å². The van der Waals surface area contributed by atoms with Crippen molar-refractivity contribution in [1.29, 1.82) is 0 Å². The van der Waals surface area contributed by atoms with Gasteiger partial charge in [-0.05, 0) is 37.5 Å². The summed E-state index contributed by atoms with van der Waals surface area (Å²) in [5, 5.41) is 0. The van der Waals surface area contributed by atoms with Gasteiger partial charge in [-0.3, -0.25) is 0 Å². The van der Waals surface area contributed by atoms with Crippen LogP contribution in [0.1, 0.15) is 44.2 Å².